The lowest BCUT2D eigenvalue weighted by Crippen LogP contribution is -2.14. The minimum absolute atomic E-state index is 0.182. The van der Waals surface area contributed by atoms with Crippen LogP contribution in [0.15, 0.2) is 35.1 Å². The Bertz CT molecular complexity index is 671. The number of H-pyrrole nitrogens is 1. The number of hydrogen-bond acceptors (Lipinski definition) is 1. The van der Waals surface area contributed by atoms with E-state index in [9.17, 15) is 18.0 Å². The van der Waals surface area contributed by atoms with E-state index in [1.165, 1.54) is 0 Å². The fourth-order valence-electron chi connectivity index (χ4n) is 1.89. The molecule has 0 atom stereocenters. The zero-order chi connectivity index (χ0) is 14.2. The van der Waals surface area contributed by atoms with Crippen molar-refractivity contribution in [1.29, 1.82) is 0 Å². The third-order valence-corrected chi connectivity index (χ3v) is 3.07. The summed E-state index contributed by atoms with van der Waals surface area (Å²) in [5.41, 5.74) is 0.885. The van der Waals surface area contributed by atoms with E-state index in [1.807, 2.05) is 19.9 Å². The van der Waals surface area contributed by atoms with Gasteiger partial charge in [0, 0.05) is 17.3 Å². The first-order chi connectivity index (χ1) is 8.79. The molecule has 100 valence electrons. The number of aromatic amines is 1. The van der Waals surface area contributed by atoms with Crippen LogP contribution in [0.5, 0.6) is 0 Å². The van der Waals surface area contributed by atoms with Gasteiger partial charge in [0.2, 0.25) is 5.56 Å². The van der Waals surface area contributed by atoms with Gasteiger partial charge in [0.15, 0.2) is 0 Å². The van der Waals surface area contributed by atoms with E-state index in [4.69, 9.17) is 0 Å². The lowest BCUT2D eigenvalue weighted by atomic mass is 10.00. The summed E-state index contributed by atoms with van der Waals surface area (Å²) < 4.78 is 38.1. The van der Waals surface area contributed by atoms with Gasteiger partial charge in [-0.25, -0.2) is 0 Å². The third-order valence-electron chi connectivity index (χ3n) is 3.07. The van der Waals surface area contributed by atoms with E-state index >= 15 is 0 Å². The van der Waals surface area contributed by atoms with Crippen molar-refractivity contribution >= 4 is 0 Å². The molecule has 5 heteroatoms. The summed E-state index contributed by atoms with van der Waals surface area (Å²) >= 11 is 0. The molecule has 0 spiro atoms. The van der Waals surface area contributed by atoms with Gasteiger partial charge >= 0.3 is 6.18 Å². The van der Waals surface area contributed by atoms with Gasteiger partial charge in [0.05, 0.1) is 5.56 Å². The number of hydrogen-bond donors (Lipinski definition) is 1. The Morgan fingerprint density at radius 3 is 2.42 bits per heavy atom. The number of aryl methyl sites for hydroxylation is 1. The SMILES string of the molecule is Cc1cccc(-c2cc(C(F)(F)F)cc(=O)[nH]2)c1C. The van der Waals surface area contributed by atoms with Crippen molar-refractivity contribution in [3.05, 3.63) is 57.4 Å². The molecular formula is C14H12F3NO. The highest BCUT2D eigenvalue weighted by Crippen LogP contribution is 2.31. The second kappa shape index (κ2) is 4.57. The lowest BCUT2D eigenvalue weighted by molar-refractivity contribution is -0.137. The Kier molecular flexibility index (Phi) is 3.22. The van der Waals surface area contributed by atoms with E-state index in [0.717, 1.165) is 17.2 Å². The van der Waals surface area contributed by atoms with Crippen molar-refractivity contribution in [3.63, 3.8) is 0 Å². The van der Waals surface area contributed by atoms with Gasteiger partial charge in [-0.2, -0.15) is 13.2 Å². The molecule has 0 fully saturated rings. The highest BCUT2D eigenvalue weighted by molar-refractivity contribution is 5.65. The van der Waals surface area contributed by atoms with Crippen LogP contribution < -0.4 is 5.56 Å². The standard InChI is InChI=1S/C14H12F3NO/c1-8-4-3-5-11(9(8)2)12-6-10(14(15,16)17)7-13(19)18-12/h3-7H,1-2H3,(H,18,19). The Balaban J connectivity index is 2.67. The molecule has 0 amide bonds. The molecule has 2 nitrogen and oxygen atoms in total. The fourth-order valence-corrected chi connectivity index (χ4v) is 1.89. The first-order valence-electron chi connectivity index (χ1n) is 5.67. The molecule has 1 aromatic heterocycles. The first-order valence-corrected chi connectivity index (χ1v) is 5.67. The zero-order valence-electron chi connectivity index (χ0n) is 10.4. The van der Waals surface area contributed by atoms with Crippen LogP contribution in [-0.2, 0) is 6.18 Å². The summed E-state index contributed by atoms with van der Waals surface area (Å²) in [5, 5.41) is 0. The third kappa shape index (κ3) is 2.70. The zero-order valence-corrected chi connectivity index (χ0v) is 10.4. The summed E-state index contributed by atoms with van der Waals surface area (Å²) in [6, 6.07) is 6.83. The molecule has 2 rings (SSSR count). The number of halogens is 3. The summed E-state index contributed by atoms with van der Waals surface area (Å²) in [5.74, 6) is 0. The molecule has 0 bridgehead atoms. The predicted molar refractivity (Wildman–Crippen MR) is 67.0 cm³/mol. The number of alkyl halides is 3. The van der Waals surface area contributed by atoms with Crippen LogP contribution in [0.4, 0.5) is 13.2 Å². The van der Waals surface area contributed by atoms with Gasteiger partial charge in [-0.05, 0) is 31.0 Å². The van der Waals surface area contributed by atoms with Crippen LogP contribution in [0.2, 0.25) is 0 Å². The van der Waals surface area contributed by atoms with E-state index in [-0.39, 0.29) is 5.69 Å². The lowest BCUT2D eigenvalue weighted by Gasteiger charge is -2.11. The van der Waals surface area contributed by atoms with Crippen LogP contribution in [-0.4, -0.2) is 4.98 Å². The van der Waals surface area contributed by atoms with Crippen LogP contribution in [0.3, 0.4) is 0 Å². The average Bonchev–Trinajstić information content (AvgIpc) is 2.31. The van der Waals surface area contributed by atoms with Crippen molar-refractivity contribution in [2.45, 2.75) is 20.0 Å². The molecule has 0 unspecified atom stereocenters. The summed E-state index contributed by atoms with van der Waals surface area (Å²) in [6.07, 6.45) is -4.53. The number of pyridine rings is 1. The highest BCUT2D eigenvalue weighted by Gasteiger charge is 2.31. The molecule has 0 aliphatic rings. The largest absolute Gasteiger partial charge is 0.416 e. The Hall–Kier alpha value is -2.04. The normalized spacial score (nSPS) is 11.6. The molecular weight excluding hydrogens is 255 g/mol. The van der Waals surface area contributed by atoms with Gasteiger partial charge in [0.25, 0.3) is 0 Å². The van der Waals surface area contributed by atoms with Gasteiger partial charge < -0.3 is 4.98 Å². The monoisotopic (exact) mass is 267 g/mol. The topological polar surface area (TPSA) is 32.9 Å². The molecule has 1 aromatic carbocycles. The smallest absolute Gasteiger partial charge is 0.322 e. The highest BCUT2D eigenvalue weighted by atomic mass is 19.4. The molecule has 0 aliphatic carbocycles. The molecule has 1 heterocycles. The second-order valence-corrected chi connectivity index (χ2v) is 4.39. The van der Waals surface area contributed by atoms with Crippen molar-refractivity contribution in [1.82, 2.24) is 4.98 Å². The van der Waals surface area contributed by atoms with E-state index in [1.54, 1.807) is 12.1 Å². The van der Waals surface area contributed by atoms with Gasteiger partial charge in [-0.3, -0.25) is 4.79 Å². The van der Waals surface area contributed by atoms with Crippen LogP contribution in [0.1, 0.15) is 16.7 Å². The summed E-state index contributed by atoms with van der Waals surface area (Å²) in [4.78, 5) is 13.8. The summed E-state index contributed by atoms with van der Waals surface area (Å²) in [7, 11) is 0. The maximum atomic E-state index is 12.7. The quantitative estimate of drug-likeness (QED) is 0.840. The van der Waals surface area contributed by atoms with Gasteiger partial charge in [-0.15, -0.1) is 0 Å². The van der Waals surface area contributed by atoms with Gasteiger partial charge in [0.1, 0.15) is 0 Å². The molecule has 19 heavy (non-hydrogen) atoms. The average molecular weight is 267 g/mol. The first kappa shape index (κ1) is 13.4. The second-order valence-electron chi connectivity index (χ2n) is 4.39. The van der Waals surface area contributed by atoms with Crippen LogP contribution >= 0.6 is 0 Å². The van der Waals surface area contributed by atoms with Gasteiger partial charge in [-0.1, -0.05) is 18.2 Å². The van der Waals surface area contributed by atoms with Crippen molar-refractivity contribution in [2.75, 3.05) is 0 Å². The minimum Gasteiger partial charge on any atom is -0.322 e. The van der Waals surface area contributed by atoms with E-state index in [2.05, 4.69) is 4.98 Å². The van der Waals surface area contributed by atoms with Crippen LogP contribution in [0.25, 0.3) is 11.3 Å². The number of benzene rings is 1. The Labute approximate surface area is 107 Å². The maximum absolute atomic E-state index is 12.7. The summed E-state index contributed by atoms with van der Waals surface area (Å²) in [6.45, 7) is 3.67. The molecule has 1 N–H and O–H groups in total. The minimum atomic E-state index is -4.53. The van der Waals surface area contributed by atoms with Crippen LogP contribution in [0, 0.1) is 13.8 Å². The molecule has 2 aromatic rings. The maximum Gasteiger partial charge on any atom is 0.416 e. The fraction of sp³-hybridized carbons (Fsp3) is 0.214. The molecule has 0 radical (unpaired) electrons. The number of rotatable bonds is 1. The molecule has 0 saturated heterocycles. The molecule has 0 aliphatic heterocycles. The molecule has 0 saturated carbocycles. The number of aromatic nitrogens is 1. The van der Waals surface area contributed by atoms with Crippen molar-refractivity contribution in [2.24, 2.45) is 0 Å². The Morgan fingerprint density at radius 2 is 1.79 bits per heavy atom. The van der Waals surface area contributed by atoms with E-state index in [0.29, 0.717) is 11.6 Å². The van der Waals surface area contributed by atoms with E-state index < -0.39 is 17.3 Å². The number of nitrogens with one attached hydrogen (secondary N) is 1. The van der Waals surface area contributed by atoms with Crippen molar-refractivity contribution in [3.8, 4) is 11.3 Å². The predicted octanol–water partition coefficient (Wildman–Crippen LogP) is 3.68. The van der Waals surface area contributed by atoms with Crippen molar-refractivity contribution < 1.29 is 13.2 Å². The Morgan fingerprint density at radius 1 is 1.11 bits per heavy atom.